The van der Waals surface area contributed by atoms with Gasteiger partial charge in [-0.1, -0.05) is 12.1 Å². The molecular weight excluding hydrogens is 274 g/mol. The SMILES string of the molecule is CCOCCCNC(=O)NCc1nc2ccccc2s1. The van der Waals surface area contributed by atoms with E-state index in [0.717, 1.165) is 21.6 Å². The fourth-order valence-corrected chi connectivity index (χ4v) is 2.64. The van der Waals surface area contributed by atoms with E-state index in [9.17, 15) is 4.79 Å². The molecule has 5 nitrogen and oxygen atoms in total. The molecule has 0 aliphatic rings. The Balaban J connectivity index is 1.70. The molecule has 0 saturated carbocycles. The normalized spacial score (nSPS) is 10.7. The summed E-state index contributed by atoms with van der Waals surface area (Å²) in [7, 11) is 0. The second-order valence-corrected chi connectivity index (χ2v) is 5.35. The predicted octanol–water partition coefficient (Wildman–Crippen LogP) is 2.52. The summed E-state index contributed by atoms with van der Waals surface area (Å²) in [4.78, 5) is 16.0. The van der Waals surface area contributed by atoms with Gasteiger partial charge in [-0.25, -0.2) is 9.78 Å². The van der Waals surface area contributed by atoms with Crippen LogP contribution in [0.15, 0.2) is 24.3 Å². The Hall–Kier alpha value is -1.66. The molecule has 20 heavy (non-hydrogen) atoms. The number of carbonyl (C=O) groups is 1. The Morgan fingerprint density at radius 2 is 2.20 bits per heavy atom. The summed E-state index contributed by atoms with van der Waals surface area (Å²) in [6.45, 7) is 4.42. The van der Waals surface area contributed by atoms with Gasteiger partial charge >= 0.3 is 6.03 Å². The lowest BCUT2D eigenvalue weighted by Gasteiger charge is -2.06. The summed E-state index contributed by atoms with van der Waals surface area (Å²) in [5.74, 6) is 0. The number of amides is 2. The number of urea groups is 1. The first-order chi connectivity index (χ1) is 9.79. The van der Waals surface area contributed by atoms with Crippen LogP contribution in [0.4, 0.5) is 4.79 Å². The lowest BCUT2D eigenvalue weighted by atomic mass is 10.3. The van der Waals surface area contributed by atoms with Crippen molar-refractivity contribution in [3.05, 3.63) is 29.3 Å². The van der Waals surface area contributed by atoms with Crippen LogP contribution >= 0.6 is 11.3 Å². The summed E-state index contributed by atoms with van der Waals surface area (Å²) in [6, 6.07) is 7.79. The van der Waals surface area contributed by atoms with Crippen LogP contribution in [0.1, 0.15) is 18.4 Å². The molecule has 108 valence electrons. The molecule has 0 aliphatic carbocycles. The maximum Gasteiger partial charge on any atom is 0.315 e. The van der Waals surface area contributed by atoms with Crippen molar-refractivity contribution in [1.82, 2.24) is 15.6 Å². The monoisotopic (exact) mass is 293 g/mol. The highest BCUT2D eigenvalue weighted by Gasteiger charge is 2.05. The molecule has 0 radical (unpaired) electrons. The number of hydrogen-bond acceptors (Lipinski definition) is 4. The highest BCUT2D eigenvalue weighted by molar-refractivity contribution is 7.18. The Morgan fingerprint density at radius 3 is 3.00 bits per heavy atom. The van der Waals surface area contributed by atoms with E-state index in [2.05, 4.69) is 15.6 Å². The number of benzene rings is 1. The van der Waals surface area contributed by atoms with Gasteiger partial charge in [-0.15, -0.1) is 11.3 Å². The fourth-order valence-electron chi connectivity index (χ4n) is 1.73. The van der Waals surface area contributed by atoms with Crippen molar-refractivity contribution >= 4 is 27.6 Å². The number of fused-ring (bicyclic) bond motifs is 1. The van der Waals surface area contributed by atoms with Crippen molar-refractivity contribution in [3.8, 4) is 0 Å². The van der Waals surface area contributed by atoms with E-state index in [0.29, 0.717) is 26.3 Å². The zero-order chi connectivity index (χ0) is 14.2. The molecular formula is C14H19N3O2S. The van der Waals surface area contributed by atoms with Gasteiger partial charge in [0.2, 0.25) is 0 Å². The highest BCUT2D eigenvalue weighted by Crippen LogP contribution is 2.21. The van der Waals surface area contributed by atoms with Crippen LogP contribution in [0, 0.1) is 0 Å². The average molecular weight is 293 g/mol. The number of rotatable bonds is 7. The van der Waals surface area contributed by atoms with Crippen LogP contribution in [0.3, 0.4) is 0 Å². The minimum atomic E-state index is -0.166. The van der Waals surface area contributed by atoms with E-state index in [4.69, 9.17) is 4.74 Å². The van der Waals surface area contributed by atoms with E-state index in [1.54, 1.807) is 11.3 Å². The third-order valence-corrected chi connectivity index (χ3v) is 3.73. The van der Waals surface area contributed by atoms with Crippen LogP contribution in [-0.2, 0) is 11.3 Å². The Morgan fingerprint density at radius 1 is 1.35 bits per heavy atom. The van der Waals surface area contributed by atoms with Gasteiger partial charge in [0.1, 0.15) is 5.01 Å². The second kappa shape index (κ2) is 7.81. The van der Waals surface area contributed by atoms with Crippen molar-refractivity contribution in [2.24, 2.45) is 0 Å². The van der Waals surface area contributed by atoms with Crippen molar-refractivity contribution in [2.45, 2.75) is 19.9 Å². The van der Waals surface area contributed by atoms with E-state index >= 15 is 0 Å². The van der Waals surface area contributed by atoms with Crippen LogP contribution in [0.25, 0.3) is 10.2 Å². The van der Waals surface area contributed by atoms with Gasteiger partial charge in [0, 0.05) is 19.8 Å². The van der Waals surface area contributed by atoms with Gasteiger partial charge in [0.05, 0.1) is 16.8 Å². The van der Waals surface area contributed by atoms with E-state index in [1.165, 1.54) is 0 Å². The third-order valence-electron chi connectivity index (χ3n) is 2.69. The standard InChI is InChI=1S/C14H19N3O2S/c1-2-19-9-5-8-15-14(18)16-10-13-17-11-6-3-4-7-12(11)20-13/h3-4,6-7H,2,5,8-10H2,1H3,(H2,15,16,18). The molecule has 0 bridgehead atoms. The van der Waals surface area contributed by atoms with Crippen LogP contribution < -0.4 is 10.6 Å². The lowest BCUT2D eigenvalue weighted by molar-refractivity contribution is 0.145. The largest absolute Gasteiger partial charge is 0.382 e. The second-order valence-electron chi connectivity index (χ2n) is 4.24. The van der Waals surface area contributed by atoms with Gasteiger partial charge < -0.3 is 15.4 Å². The van der Waals surface area contributed by atoms with E-state index in [-0.39, 0.29) is 6.03 Å². The Labute approximate surface area is 122 Å². The summed E-state index contributed by atoms with van der Waals surface area (Å²) in [5, 5.41) is 6.51. The predicted molar refractivity (Wildman–Crippen MR) is 81.0 cm³/mol. The lowest BCUT2D eigenvalue weighted by Crippen LogP contribution is -2.35. The quantitative estimate of drug-likeness (QED) is 0.771. The number of aromatic nitrogens is 1. The molecule has 0 unspecified atom stereocenters. The summed E-state index contributed by atoms with van der Waals surface area (Å²) in [5.41, 5.74) is 0.978. The maximum atomic E-state index is 11.6. The van der Waals surface area contributed by atoms with Gasteiger partial charge in [-0.2, -0.15) is 0 Å². The number of para-hydroxylation sites is 1. The van der Waals surface area contributed by atoms with Crippen LogP contribution in [0.5, 0.6) is 0 Å². The van der Waals surface area contributed by atoms with Crippen molar-refractivity contribution in [2.75, 3.05) is 19.8 Å². The number of hydrogen-bond donors (Lipinski definition) is 2. The van der Waals surface area contributed by atoms with Crippen LogP contribution in [-0.4, -0.2) is 30.8 Å². The number of carbonyl (C=O) groups excluding carboxylic acids is 1. The fraction of sp³-hybridized carbons (Fsp3) is 0.429. The highest BCUT2D eigenvalue weighted by atomic mass is 32.1. The molecule has 0 spiro atoms. The number of nitrogens with zero attached hydrogens (tertiary/aromatic N) is 1. The average Bonchev–Trinajstić information content (AvgIpc) is 2.88. The van der Waals surface area contributed by atoms with Crippen LogP contribution in [0.2, 0.25) is 0 Å². The topological polar surface area (TPSA) is 63.2 Å². The first kappa shape index (κ1) is 14.7. The van der Waals surface area contributed by atoms with Crippen molar-refractivity contribution < 1.29 is 9.53 Å². The number of ether oxygens (including phenoxy) is 1. The maximum absolute atomic E-state index is 11.6. The van der Waals surface area contributed by atoms with Gasteiger partial charge in [-0.05, 0) is 25.5 Å². The molecule has 1 aromatic heterocycles. The Bertz CT molecular complexity index is 523. The molecule has 1 aromatic carbocycles. The molecule has 1 heterocycles. The first-order valence-electron chi connectivity index (χ1n) is 6.73. The van der Waals surface area contributed by atoms with E-state index < -0.39 is 0 Å². The molecule has 2 rings (SSSR count). The molecule has 0 atom stereocenters. The summed E-state index contributed by atoms with van der Waals surface area (Å²) < 4.78 is 6.34. The molecule has 2 amide bonds. The smallest absolute Gasteiger partial charge is 0.315 e. The molecule has 0 saturated heterocycles. The van der Waals surface area contributed by atoms with Crippen molar-refractivity contribution in [1.29, 1.82) is 0 Å². The molecule has 2 aromatic rings. The molecule has 0 fully saturated rings. The first-order valence-corrected chi connectivity index (χ1v) is 7.55. The molecule has 0 aliphatic heterocycles. The minimum Gasteiger partial charge on any atom is -0.382 e. The van der Waals surface area contributed by atoms with Gasteiger partial charge in [0.25, 0.3) is 0 Å². The number of thiazole rings is 1. The number of nitrogens with one attached hydrogen (secondary N) is 2. The summed E-state index contributed by atoms with van der Waals surface area (Å²) in [6.07, 6.45) is 0.822. The zero-order valence-corrected chi connectivity index (χ0v) is 12.3. The van der Waals surface area contributed by atoms with E-state index in [1.807, 2.05) is 31.2 Å². The molecule has 2 N–H and O–H groups in total. The summed E-state index contributed by atoms with van der Waals surface area (Å²) >= 11 is 1.60. The third kappa shape index (κ3) is 4.47. The van der Waals surface area contributed by atoms with Gasteiger partial charge in [0.15, 0.2) is 0 Å². The zero-order valence-electron chi connectivity index (χ0n) is 11.5. The molecule has 6 heteroatoms. The van der Waals surface area contributed by atoms with Crippen molar-refractivity contribution in [3.63, 3.8) is 0 Å². The minimum absolute atomic E-state index is 0.166. The Kier molecular flexibility index (Phi) is 5.76. The van der Waals surface area contributed by atoms with Gasteiger partial charge in [-0.3, -0.25) is 0 Å².